The topological polar surface area (TPSA) is 43.1 Å². The van der Waals surface area contributed by atoms with Crippen molar-refractivity contribution >= 4 is 5.78 Å². The predicted octanol–water partition coefficient (Wildman–Crippen LogP) is 1.34. The first-order valence-electron chi connectivity index (χ1n) is 4.53. The number of hydrogen-bond acceptors (Lipinski definition) is 2. The summed E-state index contributed by atoms with van der Waals surface area (Å²) in [6, 6.07) is 0. The third-order valence-electron chi connectivity index (χ3n) is 2.30. The maximum absolute atomic E-state index is 11.4. The molecule has 0 aromatic rings. The van der Waals surface area contributed by atoms with E-state index in [-0.39, 0.29) is 5.92 Å². The lowest BCUT2D eigenvalue weighted by atomic mass is 9.96. The summed E-state index contributed by atoms with van der Waals surface area (Å²) < 4.78 is 0. The molecule has 0 saturated heterocycles. The first-order chi connectivity index (χ1) is 5.29. The zero-order valence-corrected chi connectivity index (χ0v) is 7.18. The number of ketones is 1. The van der Waals surface area contributed by atoms with Crippen LogP contribution in [0.2, 0.25) is 0 Å². The molecule has 2 heteroatoms. The maximum Gasteiger partial charge on any atom is 0.140 e. The van der Waals surface area contributed by atoms with Crippen molar-refractivity contribution in [3.8, 4) is 0 Å². The molecule has 0 heterocycles. The van der Waals surface area contributed by atoms with E-state index in [1.165, 1.54) is 0 Å². The molecule has 0 spiro atoms. The molecule has 0 aromatic heterocycles. The van der Waals surface area contributed by atoms with Gasteiger partial charge in [-0.05, 0) is 19.3 Å². The van der Waals surface area contributed by atoms with Crippen LogP contribution in [-0.4, -0.2) is 12.3 Å². The minimum atomic E-state index is 0.160. The molecule has 1 fully saturated rings. The third kappa shape index (κ3) is 2.29. The Morgan fingerprint density at radius 3 is 2.64 bits per heavy atom. The van der Waals surface area contributed by atoms with Gasteiger partial charge in [0.15, 0.2) is 0 Å². The van der Waals surface area contributed by atoms with Gasteiger partial charge in [0.05, 0.1) is 0 Å². The zero-order chi connectivity index (χ0) is 8.27. The van der Waals surface area contributed by atoms with Gasteiger partial charge in [0.2, 0.25) is 0 Å². The standard InChI is InChI=1S/C9H17NO/c1-2-3-8(6-10)9(11)7-4-5-7/h7-8H,2-6,10H2,1H3. The molecular formula is C9H17NO. The van der Waals surface area contributed by atoms with Crippen molar-refractivity contribution < 1.29 is 4.79 Å². The molecule has 0 amide bonds. The highest BCUT2D eigenvalue weighted by molar-refractivity contribution is 5.85. The fourth-order valence-electron chi connectivity index (χ4n) is 1.43. The number of Topliss-reactive ketones (excluding diaryl/α,β-unsaturated/α-hetero) is 1. The molecule has 2 N–H and O–H groups in total. The minimum absolute atomic E-state index is 0.160. The van der Waals surface area contributed by atoms with Gasteiger partial charge < -0.3 is 5.73 Å². The van der Waals surface area contributed by atoms with Crippen LogP contribution in [0.5, 0.6) is 0 Å². The second kappa shape index (κ2) is 3.86. The van der Waals surface area contributed by atoms with Crippen molar-refractivity contribution in [2.75, 3.05) is 6.54 Å². The van der Waals surface area contributed by atoms with E-state index in [2.05, 4.69) is 6.92 Å². The highest BCUT2D eigenvalue weighted by Gasteiger charge is 2.33. The van der Waals surface area contributed by atoms with Crippen LogP contribution in [0.4, 0.5) is 0 Å². The van der Waals surface area contributed by atoms with Gasteiger partial charge in [0, 0.05) is 18.4 Å². The van der Waals surface area contributed by atoms with Crippen LogP contribution in [0.25, 0.3) is 0 Å². The van der Waals surface area contributed by atoms with E-state index in [4.69, 9.17) is 5.73 Å². The van der Waals surface area contributed by atoms with E-state index in [9.17, 15) is 4.79 Å². The molecular weight excluding hydrogens is 138 g/mol. The van der Waals surface area contributed by atoms with Crippen LogP contribution in [-0.2, 0) is 4.79 Å². The van der Waals surface area contributed by atoms with Crippen molar-refractivity contribution in [1.82, 2.24) is 0 Å². The number of rotatable bonds is 5. The van der Waals surface area contributed by atoms with E-state index < -0.39 is 0 Å². The molecule has 64 valence electrons. The maximum atomic E-state index is 11.4. The van der Waals surface area contributed by atoms with Gasteiger partial charge in [-0.1, -0.05) is 13.3 Å². The number of nitrogens with two attached hydrogens (primary N) is 1. The Balaban J connectivity index is 2.32. The van der Waals surface area contributed by atoms with Gasteiger partial charge in [-0.3, -0.25) is 4.79 Å². The van der Waals surface area contributed by atoms with Gasteiger partial charge >= 0.3 is 0 Å². The Bertz CT molecular complexity index is 140. The summed E-state index contributed by atoms with van der Waals surface area (Å²) in [7, 11) is 0. The fourth-order valence-corrected chi connectivity index (χ4v) is 1.43. The van der Waals surface area contributed by atoms with Gasteiger partial charge in [-0.15, -0.1) is 0 Å². The molecule has 0 aliphatic heterocycles. The van der Waals surface area contributed by atoms with E-state index >= 15 is 0 Å². The number of carbonyl (C=O) groups excluding carboxylic acids is 1. The van der Waals surface area contributed by atoms with Crippen molar-refractivity contribution in [2.45, 2.75) is 32.6 Å². The van der Waals surface area contributed by atoms with Crippen LogP contribution >= 0.6 is 0 Å². The molecule has 0 bridgehead atoms. The largest absolute Gasteiger partial charge is 0.330 e. The van der Waals surface area contributed by atoms with E-state index in [0.717, 1.165) is 25.7 Å². The summed E-state index contributed by atoms with van der Waals surface area (Å²) in [5.41, 5.74) is 5.50. The molecule has 1 saturated carbocycles. The van der Waals surface area contributed by atoms with Crippen LogP contribution in [0.15, 0.2) is 0 Å². The monoisotopic (exact) mass is 155 g/mol. The van der Waals surface area contributed by atoms with Gasteiger partial charge in [0.1, 0.15) is 5.78 Å². The first kappa shape index (κ1) is 8.72. The summed E-state index contributed by atoms with van der Waals surface area (Å²) in [6.07, 6.45) is 4.27. The van der Waals surface area contributed by atoms with Crippen LogP contribution in [0.3, 0.4) is 0 Å². The van der Waals surface area contributed by atoms with Gasteiger partial charge in [-0.2, -0.15) is 0 Å². The summed E-state index contributed by atoms with van der Waals surface area (Å²) in [5.74, 6) is 0.969. The fraction of sp³-hybridized carbons (Fsp3) is 0.889. The van der Waals surface area contributed by atoms with Gasteiger partial charge in [0.25, 0.3) is 0 Å². The molecule has 2 nitrogen and oxygen atoms in total. The molecule has 1 aliphatic carbocycles. The average molecular weight is 155 g/mol. The Hall–Kier alpha value is -0.370. The van der Waals surface area contributed by atoms with Crippen LogP contribution in [0.1, 0.15) is 32.6 Å². The lowest BCUT2D eigenvalue weighted by molar-refractivity contribution is -0.124. The number of carbonyl (C=O) groups is 1. The second-order valence-electron chi connectivity index (χ2n) is 3.40. The summed E-state index contributed by atoms with van der Waals surface area (Å²) in [6.45, 7) is 2.64. The van der Waals surface area contributed by atoms with Crippen molar-refractivity contribution in [3.05, 3.63) is 0 Å². The second-order valence-corrected chi connectivity index (χ2v) is 3.40. The number of hydrogen-bond donors (Lipinski definition) is 1. The SMILES string of the molecule is CCCC(CN)C(=O)C1CC1. The minimum Gasteiger partial charge on any atom is -0.330 e. The Morgan fingerprint density at radius 1 is 1.64 bits per heavy atom. The summed E-state index contributed by atoms with van der Waals surface area (Å²) in [5, 5.41) is 0. The van der Waals surface area contributed by atoms with Crippen molar-refractivity contribution in [1.29, 1.82) is 0 Å². The predicted molar refractivity (Wildman–Crippen MR) is 45.2 cm³/mol. The molecule has 0 radical (unpaired) electrons. The van der Waals surface area contributed by atoms with Gasteiger partial charge in [-0.25, -0.2) is 0 Å². The first-order valence-corrected chi connectivity index (χ1v) is 4.53. The zero-order valence-electron chi connectivity index (χ0n) is 7.18. The molecule has 1 unspecified atom stereocenters. The van der Waals surface area contributed by atoms with Crippen molar-refractivity contribution in [3.63, 3.8) is 0 Å². The van der Waals surface area contributed by atoms with E-state index in [1.807, 2.05) is 0 Å². The smallest absolute Gasteiger partial charge is 0.140 e. The Kier molecular flexibility index (Phi) is 3.06. The Labute approximate surface area is 68.2 Å². The summed E-state index contributed by atoms with van der Waals surface area (Å²) in [4.78, 5) is 11.4. The molecule has 1 atom stereocenters. The molecule has 1 rings (SSSR count). The highest BCUT2D eigenvalue weighted by atomic mass is 16.1. The summed E-state index contributed by atoms with van der Waals surface area (Å²) >= 11 is 0. The van der Waals surface area contributed by atoms with E-state index in [1.54, 1.807) is 0 Å². The third-order valence-corrected chi connectivity index (χ3v) is 2.30. The normalized spacial score (nSPS) is 19.8. The quantitative estimate of drug-likeness (QED) is 0.651. The van der Waals surface area contributed by atoms with E-state index in [0.29, 0.717) is 18.2 Å². The molecule has 0 aromatic carbocycles. The van der Waals surface area contributed by atoms with Crippen LogP contribution < -0.4 is 5.73 Å². The molecule has 1 aliphatic rings. The molecule has 11 heavy (non-hydrogen) atoms. The lowest BCUT2D eigenvalue weighted by Crippen LogP contribution is -2.24. The lowest BCUT2D eigenvalue weighted by Gasteiger charge is -2.10. The average Bonchev–Trinajstić information content (AvgIpc) is 2.81. The highest BCUT2D eigenvalue weighted by Crippen LogP contribution is 2.33. The Morgan fingerprint density at radius 2 is 2.27 bits per heavy atom. The van der Waals surface area contributed by atoms with Crippen LogP contribution in [0, 0.1) is 11.8 Å². The van der Waals surface area contributed by atoms with Crippen molar-refractivity contribution in [2.24, 2.45) is 17.6 Å².